The first-order valence-electron chi connectivity index (χ1n) is 4.93. The molecule has 0 N–H and O–H groups in total. The molecule has 1 aromatic rings. The second-order valence-corrected chi connectivity index (χ2v) is 3.30. The van der Waals surface area contributed by atoms with Crippen molar-refractivity contribution in [1.29, 1.82) is 0 Å². The zero-order chi connectivity index (χ0) is 9.80. The maximum atomic E-state index is 4.01. The Labute approximate surface area is 84.6 Å². The molecule has 1 aliphatic heterocycles. The maximum absolute atomic E-state index is 4.01. The zero-order valence-electron chi connectivity index (χ0n) is 8.35. The van der Waals surface area contributed by atoms with Crippen molar-refractivity contribution in [3.8, 4) is 0 Å². The van der Waals surface area contributed by atoms with Crippen molar-refractivity contribution < 1.29 is 0 Å². The Balaban J connectivity index is 2.16. The van der Waals surface area contributed by atoms with Crippen LogP contribution in [0.1, 0.15) is 12.5 Å². The summed E-state index contributed by atoms with van der Waals surface area (Å²) < 4.78 is 0. The lowest BCUT2D eigenvalue weighted by molar-refractivity contribution is 0.437. The summed E-state index contributed by atoms with van der Waals surface area (Å²) in [5, 5.41) is 0. The molecule has 2 rings (SSSR count). The van der Waals surface area contributed by atoms with E-state index in [0.717, 1.165) is 13.1 Å². The Bertz CT molecular complexity index is 352. The monoisotopic (exact) mass is 186 g/mol. The van der Waals surface area contributed by atoms with Gasteiger partial charge in [0.1, 0.15) is 0 Å². The number of pyridine rings is 1. The number of hydrogen-bond donors (Lipinski definition) is 0. The van der Waals surface area contributed by atoms with Gasteiger partial charge >= 0.3 is 0 Å². The van der Waals surface area contributed by atoms with Crippen LogP contribution >= 0.6 is 0 Å². The molecule has 0 saturated heterocycles. The molecule has 14 heavy (non-hydrogen) atoms. The first-order valence-corrected chi connectivity index (χ1v) is 4.93. The predicted octanol–water partition coefficient (Wildman–Crippen LogP) is 2.31. The molecule has 0 aliphatic carbocycles. The van der Waals surface area contributed by atoms with Crippen LogP contribution in [0.3, 0.4) is 0 Å². The Morgan fingerprint density at radius 2 is 2.14 bits per heavy atom. The molecule has 0 amide bonds. The van der Waals surface area contributed by atoms with Crippen LogP contribution < -0.4 is 0 Å². The van der Waals surface area contributed by atoms with Gasteiger partial charge in [0.25, 0.3) is 0 Å². The highest BCUT2D eigenvalue weighted by atomic mass is 15.1. The van der Waals surface area contributed by atoms with Crippen LogP contribution in [-0.4, -0.2) is 23.0 Å². The third kappa shape index (κ3) is 1.84. The lowest BCUT2D eigenvalue weighted by Crippen LogP contribution is -2.18. The van der Waals surface area contributed by atoms with E-state index in [1.54, 1.807) is 0 Å². The van der Waals surface area contributed by atoms with Crippen molar-refractivity contribution in [1.82, 2.24) is 9.88 Å². The Morgan fingerprint density at radius 3 is 2.71 bits per heavy atom. The van der Waals surface area contributed by atoms with E-state index in [4.69, 9.17) is 0 Å². The third-order valence-electron chi connectivity index (χ3n) is 2.43. The summed E-state index contributed by atoms with van der Waals surface area (Å²) in [4.78, 5) is 6.28. The van der Waals surface area contributed by atoms with Crippen molar-refractivity contribution in [2.45, 2.75) is 6.92 Å². The number of hydrogen-bond acceptors (Lipinski definition) is 2. The average Bonchev–Trinajstić information content (AvgIpc) is 2.30. The molecular weight excluding hydrogens is 172 g/mol. The van der Waals surface area contributed by atoms with Gasteiger partial charge in [-0.25, -0.2) is 0 Å². The highest BCUT2D eigenvalue weighted by molar-refractivity contribution is 5.74. The van der Waals surface area contributed by atoms with Crippen molar-refractivity contribution in [2.75, 3.05) is 13.1 Å². The molecule has 0 atom stereocenters. The van der Waals surface area contributed by atoms with E-state index >= 15 is 0 Å². The minimum atomic E-state index is 1.00. The van der Waals surface area contributed by atoms with Crippen molar-refractivity contribution in [3.63, 3.8) is 0 Å². The molecule has 2 nitrogen and oxygen atoms in total. The average molecular weight is 186 g/mol. The molecule has 0 spiro atoms. The van der Waals surface area contributed by atoms with E-state index in [9.17, 15) is 0 Å². The van der Waals surface area contributed by atoms with Crippen molar-refractivity contribution in [2.24, 2.45) is 0 Å². The fraction of sp³-hybridized carbons (Fsp3) is 0.250. The lowest BCUT2D eigenvalue weighted by Gasteiger charge is -2.20. The molecule has 0 fully saturated rings. The van der Waals surface area contributed by atoms with Gasteiger partial charge in [0.05, 0.1) is 0 Å². The summed E-state index contributed by atoms with van der Waals surface area (Å²) in [5.74, 6) is 0. The topological polar surface area (TPSA) is 16.1 Å². The molecule has 2 heterocycles. The quantitative estimate of drug-likeness (QED) is 0.704. The number of rotatable bonds is 2. The molecule has 72 valence electrons. The molecule has 0 aromatic carbocycles. The number of likely N-dealkylation sites (N-methyl/N-ethyl adjacent to an activating group) is 1. The summed E-state index contributed by atoms with van der Waals surface area (Å²) in [6.07, 6.45) is 10.2. The van der Waals surface area contributed by atoms with Gasteiger partial charge in [-0.1, -0.05) is 6.08 Å². The molecule has 0 radical (unpaired) electrons. The maximum Gasteiger partial charge on any atom is 0.0362 e. The van der Waals surface area contributed by atoms with E-state index in [1.165, 1.54) is 11.1 Å². The van der Waals surface area contributed by atoms with E-state index < -0.39 is 0 Å². The molecule has 0 bridgehead atoms. The second-order valence-electron chi connectivity index (χ2n) is 3.30. The van der Waals surface area contributed by atoms with Crippen LogP contribution in [0.4, 0.5) is 0 Å². The highest BCUT2D eigenvalue weighted by Gasteiger charge is 2.03. The number of nitrogens with zero attached hydrogens (tertiary/aromatic N) is 2. The SMILES string of the molecule is CCN1C=CC(c2ccncc2)=CC1. The molecule has 1 aromatic heterocycles. The van der Waals surface area contributed by atoms with Gasteiger partial charge in [-0.3, -0.25) is 4.98 Å². The van der Waals surface area contributed by atoms with E-state index in [-0.39, 0.29) is 0 Å². The predicted molar refractivity (Wildman–Crippen MR) is 58.6 cm³/mol. The van der Waals surface area contributed by atoms with Gasteiger partial charge < -0.3 is 4.90 Å². The Kier molecular flexibility index (Phi) is 2.63. The first kappa shape index (κ1) is 9.00. The fourth-order valence-electron chi connectivity index (χ4n) is 1.52. The fourth-order valence-corrected chi connectivity index (χ4v) is 1.52. The van der Waals surface area contributed by atoms with Crippen LogP contribution in [0.25, 0.3) is 5.57 Å². The van der Waals surface area contributed by atoms with Crippen molar-refractivity contribution >= 4 is 5.57 Å². The van der Waals surface area contributed by atoms with Crippen LogP contribution in [0.15, 0.2) is 42.9 Å². The summed E-state index contributed by atoms with van der Waals surface area (Å²) in [6, 6.07) is 4.08. The summed E-state index contributed by atoms with van der Waals surface area (Å²) in [5.41, 5.74) is 2.53. The van der Waals surface area contributed by atoms with Gasteiger partial charge in [0.15, 0.2) is 0 Å². The Morgan fingerprint density at radius 1 is 1.36 bits per heavy atom. The molecule has 2 heteroatoms. The first-order chi connectivity index (χ1) is 6.90. The normalized spacial score (nSPS) is 15.5. The smallest absolute Gasteiger partial charge is 0.0362 e. The molecular formula is C12H14N2. The Hall–Kier alpha value is -1.57. The summed E-state index contributed by atoms with van der Waals surface area (Å²) in [7, 11) is 0. The number of allylic oxidation sites excluding steroid dienone is 2. The van der Waals surface area contributed by atoms with Gasteiger partial charge in [-0.15, -0.1) is 0 Å². The minimum absolute atomic E-state index is 1.00. The van der Waals surface area contributed by atoms with Gasteiger partial charge in [0, 0.05) is 25.5 Å². The summed E-state index contributed by atoms with van der Waals surface area (Å²) in [6.45, 7) is 4.23. The van der Waals surface area contributed by atoms with Crippen LogP contribution in [0, 0.1) is 0 Å². The zero-order valence-corrected chi connectivity index (χ0v) is 8.35. The largest absolute Gasteiger partial charge is 0.374 e. The van der Waals surface area contributed by atoms with Crippen LogP contribution in [0.2, 0.25) is 0 Å². The van der Waals surface area contributed by atoms with E-state index in [0.29, 0.717) is 0 Å². The molecule has 0 saturated carbocycles. The van der Waals surface area contributed by atoms with Crippen LogP contribution in [-0.2, 0) is 0 Å². The minimum Gasteiger partial charge on any atom is -0.374 e. The third-order valence-corrected chi connectivity index (χ3v) is 2.43. The molecule has 1 aliphatic rings. The van der Waals surface area contributed by atoms with Gasteiger partial charge in [-0.2, -0.15) is 0 Å². The molecule has 0 unspecified atom stereocenters. The van der Waals surface area contributed by atoms with Gasteiger partial charge in [-0.05, 0) is 42.5 Å². The number of aromatic nitrogens is 1. The van der Waals surface area contributed by atoms with Crippen molar-refractivity contribution in [3.05, 3.63) is 48.4 Å². The summed E-state index contributed by atoms with van der Waals surface area (Å²) >= 11 is 0. The van der Waals surface area contributed by atoms with Crippen LogP contribution in [0.5, 0.6) is 0 Å². The van der Waals surface area contributed by atoms with E-state index in [2.05, 4.69) is 35.2 Å². The lowest BCUT2D eigenvalue weighted by atomic mass is 10.1. The van der Waals surface area contributed by atoms with Gasteiger partial charge in [0.2, 0.25) is 0 Å². The second kappa shape index (κ2) is 4.09. The standard InChI is InChI=1S/C12H14N2/c1-2-14-9-5-12(6-10-14)11-3-7-13-8-4-11/h3-9H,2,10H2,1H3. The van der Waals surface area contributed by atoms with E-state index in [1.807, 2.05) is 24.5 Å². The highest BCUT2D eigenvalue weighted by Crippen LogP contribution is 2.18.